The van der Waals surface area contributed by atoms with Crippen molar-refractivity contribution in [2.24, 2.45) is 0 Å². The van der Waals surface area contributed by atoms with E-state index in [9.17, 15) is 4.79 Å². The van der Waals surface area contributed by atoms with Crippen LogP contribution in [-0.4, -0.2) is 18.2 Å². The molecule has 1 aromatic carbocycles. The maximum atomic E-state index is 11.9. The summed E-state index contributed by atoms with van der Waals surface area (Å²) < 4.78 is 10.8. The van der Waals surface area contributed by atoms with Crippen molar-refractivity contribution >= 4 is 5.97 Å². The number of benzene rings is 1. The number of carbonyl (C=O) groups is 1. The summed E-state index contributed by atoms with van der Waals surface area (Å²) in [4.78, 5) is 11.9. The van der Waals surface area contributed by atoms with Gasteiger partial charge in [-0.15, -0.1) is 0 Å². The Labute approximate surface area is 127 Å². The van der Waals surface area contributed by atoms with Crippen LogP contribution >= 0.6 is 0 Å². The Balaban J connectivity index is 2.80. The molecule has 0 spiro atoms. The van der Waals surface area contributed by atoms with E-state index < -0.39 is 5.60 Å². The molecule has 0 heterocycles. The third kappa shape index (κ3) is 5.14. The van der Waals surface area contributed by atoms with Crippen LogP contribution in [0, 0.1) is 6.92 Å². The predicted molar refractivity (Wildman–Crippen MR) is 84.2 cm³/mol. The average Bonchev–Trinajstić information content (AvgIpc) is 2.39. The van der Waals surface area contributed by atoms with E-state index in [4.69, 9.17) is 9.47 Å². The van der Waals surface area contributed by atoms with Gasteiger partial charge in [0.1, 0.15) is 5.75 Å². The smallest absolute Gasteiger partial charge is 0.349 e. The van der Waals surface area contributed by atoms with Crippen LogP contribution in [-0.2, 0) is 16.1 Å². The third-order valence-corrected chi connectivity index (χ3v) is 2.97. The summed E-state index contributed by atoms with van der Waals surface area (Å²) in [6.45, 7) is 14.0. The van der Waals surface area contributed by atoms with Gasteiger partial charge in [0.05, 0.1) is 6.61 Å². The number of hydrogen-bond donors (Lipinski definition) is 1. The zero-order valence-corrected chi connectivity index (χ0v) is 13.6. The largest absolute Gasteiger partial charge is 0.476 e. The van der Waals surface area contributed by atoms with E-state index in [0.717, 1.165) is 23.4 Å². The molecule has 0 atom stereocenters. The van der Waals surface area contributed by atoms with Crippen molar-refractivity contribution in [3.63, 3.8) is 0 Å². The van der Waals surface area contributed by atoms with Crippen molar-refractivity contribution < 1.29 is 14.3 Å². The molecule has 21 heavy (non-hydrogen) atoms. The quantitative estimate of drug-likeness (QED) is 0.783. The van der Waals surface area contributed by atoms with Crippen LogP contribution < -0.4 is 10.1 Å². The van der Waals surface area contributed by atoms with Gasteiger partial charge < -0.3 is 14.8 Å². The zero-order valence-electron chi connectivity index (χ0n) is 13.6. The van der Waals surface area contributed by atoms with Gasteiger partial charge in [-0.05, 0) is 51.8 Å². The van der Waals surface area contributed by atoms with Crippen LogP contribution in [0.2, 0.25) is 0 Å². The molecular formula is C17H25NO3. The summed E-state index contributed by atoms with van der Waals surface area (Å²) in [7, 11) is 0. The SMILES string of the molecule is C=C(C)NCc1ccc(OC(C)(C)C(=O)OCC)c(C)c1. The highest BCUT2D eigenvalue weighted by Crippen LogP contribution is 2.24. The molecule has 0 fully saturated rings. The van der Waals surface area contributed by atoms with E-state index in [1.165, 1.54) is 0 Å². The molecule has 1 N–H and O–H groups in total. The summed E-state index contributed by atoms with van der Waals surface area (Å²) in [6.07, 6.45) is 0. The summed E-state index contributed by atoms with van der Waals surface area (Å²) in [5.74, 6) is 0.324. The van der Waals surface area contributed by atoms with E-state index in [1.807, 2.05) is 32.0 Å². The number of esters is 1. The molecule has 0 aliphatic rings. The third-order valence-electron chi connectivity index (χ3n) is 2.97. The van der Waals surface area contributed by atoms with Gasteiger partial charge in [0, 0.05) is 12.2 Å². The first-order valence-electron chi connectivity index (χ1n) is 7.11. The van der Waals surface area contributed by atoms with Gasteiger partial charge in [-0.25, -0.2) is 4.79 Å². The fourth-order valence-corrected chi connectivity index (χ4v) is 1.81. The summed E-state index contributed by atoms with van der Waals surface area (Å²) >= 11 is 0. The van der Waals surface area contributed by atoms with Crippen molar-refractivity contribution in [2.75, 3.05) is 6.61 Å². The highest BCUT2D eigenvalue weighted by atomic mass is 16.6. The van der Waals surface area contributed by atoms with Crippen LogP contribution in [0.4, 0.5) is 0 Å². The Hall–Kier alpha value is -1.97. The van der Waals surface area contributed by atoms with E-state index >= 15 is 0 Å². The highest BCUT2D eigenvalue weighted by Gasteiger charge is 2.31. The minimum atomic E-state index is -1.00. The molecule has 1 rings (SSSR count). The topological polar surface area (TPSA) is 47.6 Å². The lowest BCUT2D eigenvalue weighted by atomic mass is 10.1. The average molecular weight is 291 g/mol. The first kappa shape index (κ1) is 17.1. The lowest BCUT2D eigenvalue weighted by molar-refractivity contribution is -0.158. The van der Waals surface area contributed by atoms with Gasteiger partial charge in [0.25, 0.3) is 0 Å². The molecule has 0 radical (unpaired) electrons. The summed E-state index contributed by atoms with van der Waals surface area (Å²) in [6, 6.07) is 5.89. The molecule has 0 saturated carbocycles. The van der Waals surface area contributed by atoms with Crippen molar-refractivity contribution in [3.8, 4) is 5.75 Å². The standard InChI is InChI=1S/C17H25NO3/c1-7-20-16(19)17(5,6)21-15-9-8-14(10-13(15)4)11-18-12(2)3/h8-10,18H,2,7,11H2,1,3-6H3. The summed E-state index contributed by atoms with van der Waals surface area (Å²) in [5, 5.41) is 3.18. The zero-order chi connectivity index (χ0) is 16.0. The lowest BCUT2D eigenvalue weighted by Gasteiger charge is -2.25. The molecule has 116 valence electrons. The highest BCUT2D eigenvalue weighted by molar-refractivity contribution is 5.79. The van der Waals surface area contributed by atoms with E-state index in [1.54, 1.807) is 20.8 Å². The monoisotopic (exact) mass is 291 g/mol. The van der Waals surface area contributed by atoms with Gasteiger partial charge >= 0.3 is 5.97 Å². The van der Waals surface area contributed by atoms with Gasteiger partial charge in [0.2, 0.25) is 0 Å². The van der Waals surface area contributed by atoms with E-state index in [-0.39, 0.29) is 5.97 Å². The van der Waals surface area contributed by atoms with Gasteiger partial charge in [-0.2, -0.15) is 0 Å². The molecule has 0 amide bonds. The number of carbonyl (C=O) groups excluding carboxylic acids is 1. The normalized spacial score (nSPS) is 10.9. The number of ether oxygens (including phenoxy) is 2. The Bertz CT molecular complexity index is 521. The Morgan fingerprint density at radius 2 is 2.05 bits per heavy atom. The second-order valence-electron chi connectivity index (χ2n) is 5.57. The molecule has 0 aliphatic carbocycles. The van der Waals surface area contributed by atoms with Crippen LogP contribution in [0.15, 0.2) is 30.5 Å². The maximum Gasteiger partial charge on any atom is 0.349 e. The van der Waals surface area contributed by atoms with Crippen LogP contribution in [0.1, 0.15) is 38.8 Å². The van der Waals surface area contributed by atoms with Crippen molar-refractivity contribution in [2.45, 2.75) is 46.8 Å². The molecule has 0 bridgehead atoms. The van der Waals surface area contributed by atoms with Crippen LogP contribution in [0.3, 0.4) is 0 Å². The number of aryl methyl sites for hydroxylation is 1. The van der Waals surface area contributed by atoms with Crippen molar-refractivity contribution in [3.05, 3.63) is 41.6 Å². The van der Waals surface area contributed by atoms with Crippen molar-refractivity contribution in [1.82, 2.24) is 5.32 Å². The number of nitrogens with one attached hydrogen (secondary N) is 1. The Kier molecular flexibility index (Phi) is 5.82. The predicted octanol–water partition coefficient (Wildman–Crippen LogP) is 3.34. The van der Waals surface area contributed by atoms with Crippen LogP contribution in [0.5, 0.6) is 5.75 Å². The first-order chi connectivity index (χ1) is 9.76. The minimum absolute atomic E-state index is 0.343. The number of rotatable bonds is 7. The molecule has 0 saturated heterocycles. The molecule has 4 heteroatoms. The lowest BCUT2D eigenvalue weighted by Crippen LogP contribution is -2.39. The minimum Gasteiger partial charge on any atom is -0.476 e. The Morgan fingerprint density at radius 1 is 1.38 bits per heavy atom. The fraction of sp³-hybridized carbons (Fsp3) is 0.471. The molecule has 4 nitrogen and oxygen atoms in total. The fourth-order valence-electron chi connectivity index (χ4n) is 1.81. The molecular weight excluding hydrogens is 266 g/mol. The van der Waals surface area contributed by atoms with Gasteiger partial charge in [-0.3, -0.25) is 0 Å². The first-order valence-corrected chi connectivity index (χ1v) is 7.11. The molecule has 1 aromatic rings. The Morgan fingerprint density at radius 3 is 2.57 bits per heavy atom. The molecule has 0 aliphatic heterocycles. The second kappa shape index (κ2) is 7.16. The maximum absolute atomic E-state index is 11.9. The van der Waals surface area contributed by atoms with Crippen molar-refractivity contribution in [1.29, 1.82) is 0 Å². The van der Waals surface area contributed by atoms with E-state index in [0.29, 0.717) is 12.4 Å². The summed E-state index contributed by atoms with van der Waals surface area (Å²) in [5.41, 5.74) is 2.04. The van der Waals surface area contributed by atoms with Gasteiger partial charge in [-0.1, -0.05) is 18.7 Å². The van der Waals surface area contributed by atoms with Gasteiger partial charge in [0.15, 0.2) is 5.60 Å². The number of allylic oxidation sites excluding steroid dienone is 1. The number of hydrogen-bond acceptors (Lipinski definition) is 4. The molecule has 0 unspecified atom stereocenters. The van der Waals surface area contributed by atoms with Crippen LogP contribution in [0.25, 0.3) is 0 Å². The molecule has 0 aromatic heterocycles. The van der Waals surface area contributed by atoms with E-state index in [2.05, 4.69) is 11.9 Å². The second-order valence-corrected chi connectivity index (χ2v) is 5.57.